The van der Waals surface area contributed by atoms with E-state index in [1.807, 2.05) is 42.5 Å². The molecule has 1 rings (SSSR count). The Bertz CT molecular complexity index is 341. The van der Waals surface area contributed by atoms with Gasteiger partial charge < -0.3 is 9.59 Å². The summed E-state index contributed by atoms with van der Waals surface area (Å²) in [4.78, 5) is 21.0. The van der Waals surface area contributed by atoms with Crippen molar-refractivity contribution >= 4 is 12.6 Å². The summed E-state index contributed by atoms with van der Waals surface area (Å²) in [7, 11) is 0. The molecule has 0 fully saturated rings. The van der Waals surface area contributed by atoms with Gasteiger partial charge in [0.25, 0.3) is 0 Å². The van der Waals surface area contributed by atoms with E-state index in [9.17, 15) is 9.59 Å². The maximum atomic E-state index is 10.9. The molecule has 84 valence electrons. The van der Waals surface area contributed by atoms with Crippen molar-refractivity contribution < 1.29 is 9.59 Å². The molecule has 16 heavy (non-hydrogen) atoms. The zero-order valence-electron chi connectivity index (χ0n) is 9.21. The van der Waals surface area contributed by atoms with Crippen LogP contribution in [0.5, 0.6) is 0 Å². The van der Waals surface area contributed by atoms with Gasteiger partial charge >= 0.3 is 0 Å². The molecule has 0 amide bonds. The smallest absolute Gasteiger partial charge is 0.127 e. The van der Waals surface area contributed by atoms with Crippen LogP contribution in [0.4, 0.5) is 0 Å². The summed E-state index contributed by atoms with van der Waals surface area (Å²) in [6.07, 6.45) is 7.80. The van der Waals surface area contributed by atoms with Crippen LogP contribution in [0.1, 0.15) is 30.7 Å². The molecule has 0 aromatic heterocycles. The Hall–Kier alpha value is -1.70. The van der Waals surface area contributed by atoms with Gasteiger partial charge in [-0.2, -0.15) is 0 Å². The van der Waals surface area contributed by atoms with Gasteiger partial charge in [-0.1, -0.05) is 42.5 Å². The van der Waals surface area contributed by atoms with Gasteiger partial charge in [-0.3, -0.25) is 0 Å². The summed E-state index contributed by atoms with van der Waals surface area (Å²) in [5.41, 5.74) is 1.04. The molecule has 2 heteroatoms. The minimum absolute atomic E-state index is 0.0753. The highest BCUT2D eigenvalue weighted by Gasteiger charge is 2.06. The van der Waals surface area contributed by atoms with Gasteiger partial charge in [-0.05, 0) is 18.4 Å². The second-order valence-corrected chi connectivity index (χ2v) is 3.60. The van der Waals surface area contributed by atoms with Crippen molar-refractivity contribution in [1.82, 2.24) is 0 Å². The largest absolute Gasteiger partial charge is 0.303 e. The summed E-state index contributed by atoms with van der Waals surface area (Å²) < 4.78 is 0. The molecule has 1 aromatic carbocycles. The molecule has 1 atom stereocenters. The van der Waals surface area contributed by atoms with Gasteiger partial charge in [0.15, 0.2) is 0 Å². The molecule has 1 aromatic rings. The zero-order valence-corrected chi connectivity index (χ0v) is 9.21. The van der Waals surface area contributed by atoms with E-state index in [2.05, 4.69) is 0 Å². The first kappa shape index (κ1) is 12.4. The molecular formula is C14H16O2. The summed E-state index contributed by atoms with van der Waals surface area (Å²) in [6.45, 7) is 0. The van der Waals surface area contributed by atoms with Crippen LogP contribution in [0, 0.1) is 0 Å². The SMILES string of the molecule is O=CCC/C=C/CC(C=O)c1ccccc1. The number of hydrogen-bond acceptors (Lipinski definition) is 2. The van der Waals surface area contributed by atoms with E-state index in [4.69, 9.17) is 0 Å². The average Bonchev–Trinajstić information content (AvgIpc) is 2.35. The van der Waals surface area contributed by atoms with E-state index in [1.165, 1.54) is 0 Å². The lowest BCUT2D eigenvalue weighted by Gasteiger charge is -2.06. The van der Waals surface area contributed by atoms with Gasteiger partial charge in [-0.15, -0.1) is 0 Å². The predicted molar refractivity (Wildman–Crippen MR) is 64.3 cm³/mol. The lowest BCUT2D eigenvalue weighted by atomic mass is 9.97. The van der Waals surface area contributed by atoms with Gasteiger partial charge in [0.2, 0.25) is 0 Å². The molecule has 2 nitrogen and oxygen atoms in total. The van der Waals surface area contributed by atoms with E-state index in [-0.39, 0.29) is 5.92 Å². The van der Waals surface area contributed by atoms with Crippen molar-refractivity contribution in [2.45, 2.75) is 25.2 Å². The summed E-state index contributed by atoms with van der Waals surface area (Å²) >= 11 is 0. The number of allylic oxidation sites excluding steroid dienone is 2. The van der Waals surface area contributed by atoms with Gasteiger partial charge in [-0.25, -0.2) is 0 Å². The van der Waals surface area contributed by atoms with Crippen molar-refractivity contribution in [1.29, 1.82) is 0 Å². The third-order valence-corrected chi connectivity index (χ3v) is 2.40. The maximum absolute atomic E-state index is 10.9. The third kappa shape index (κ3) is 4.22. The minimum Gasteiger partial charge on any atom is -0.303 e. The average molecular weight is 216 g/mol. The Morgan fingerprint density at radius 2 is 1.75 bits per heavy atom. The molecule has 0 spiro atoms. The van der Waals surface area contributed by atoms with E-state index >= 15 is 0 Å². The van der Waals surface area contributed by atoms with Crippen LogP contribution < -0.4 is 0 Å². The number of carbonyl (C=O) groups is 2. The van der Waals surface area contributed by atoms with E-state index < -0.39 is 0 Å². The van der Waals surface area contributed by atoms with Crippen molar-refractivity contribution in [2.75, 3.05) is 0 Å². The van der Waals surface area contributed by atoms with Crippen LogP contribution in [0.2, 0.25) is 0 Å². The molecule has 0 saturated carbocycles. The first-order chi connectivity index (χ1) is 7.88. The topological polar surface area (TPSA) is 34.1 Å². The quantitative estimate of drug-likeness (QED) is 0.399. The number of unbranched alkanes of at least 4 members (excludes halogenated alkanes) is 1. The standard InChI is InChI=1S/C14H16O2/c15-11-7-2-1-4-10-14(12-16)13-8-5-3-6-9-13/h1,3-6,8-9,11-12,14H,2,7,10H2/b4-1+. The summed E-state index contributed by atoms with van der Waals surface area (Å²) in [5, 5.41) is 0. The first-order valence-corrected chi connectivity index (χ1v) is 5.47. The van der Waals surface area contributed by atoms with Crippen molar-refractivity contribution in [3.63, 3.8) is 0 Å². The highest BCUT2D eigenvalue weighted by atomic mass is 16.1. The monoisotopic (exact) mass is 216 g/mol. The fourth-order valence-corrected chi connectivity index (χ4v) is 1.50. The number of benzene rings is 1. The van der Waals surface area contributed by atoms with Gasteiger partial charge in [0, 0.05) is 12.3 Å². The van der Waals surface area contributed by atoms with Crippen LogP contribution >= 0.6 is 0 Å². The second-order valence-electron chi connectivity index (χ2n) is 3.60. The zero-order chi connectivity index (χ0) is 11.6. The van der Waals surface area contributed by atoms with E-state index in [0.717, 1.165) is 24.6 Å². The lowest BCUT2D eigenvalue weighted by molar-refractivity contribution is -0.109. The first-order valence-electron chi connectivity index (χ1n) is 5.47. The van der Waals surface area contributed by atoms with Crippen LogP contribution in [0.3, 0.4) is 0 Å². The van der Waals surface area contributed by atoms with E-state index in [0.29, 0.717) is 12.8 Å². The van der Waals surface area contributed by atoms with Crippen LogP contribution in [0.15, 0.2) is 42.5 Å². The van der Waals surface area contributed by atoms with Crippen LogP contribution in [0.25, 0.3) is 0 Å². The van der Waals surface area contributed by atoms with E-state index in [1.54, 1.807) is 0 Å². The van der Waals surface area contributed by atoms with Crippen molar-refractivity contribution in [3.05, 3.63) is 48.0 Å². The highest BCUT2D eigenvalue weighted by Crippen LogP contribution is 2.17. The molecule has 1 unspecified atom stereocenters. The van der Waals surface area contributed by atoms with Gasteiger partial charge in [0.1, 0.15) is 12.6 Å². The Balaban J connectivity index is 2.47. The number of rotatable bonds is 7. The number of aldehydes is 2. The fraction of sp³-hybridized carbons (Fsp3) is 0.286. The maximum Gasteiger partial charge on any atom is 0.127 e. The molecule has 0 aliphatic rings. The van der Waals surface area contributed by atoms with Crippen molar-refractivity contribution in [2.24, 2.45) is 0 Å². The van der Waals surface area contributed by atoms with Crippen LogP contribution in [-0.2, 0) is 9.59 Å². The number of hydrogen-bond donors (Lipinski definition) is 0. The minimum atomic E-state index is -0.0753. The second kappa shape index (κ2) is 7.57. The molecule has 0 saturated heterocycles. The molecule has 0 bridgehead atoms. The van der Waals surface area contributed by atoms with Crippen molar-refractivity contribution in [3.8, 4) is 0 Å². The summed E-state index contributed by atoms with van der Waals surface area (Å²) in [5.74, 6) is -0.0753. The molecular weight excluding hydrogens is 200 g/mol. The molecule has 0 aliphatic carbocycles. The predicted octanol–water partition coefficient (Wildman–Crippen LogP) is 2.89. The third-order valence-electron chi connectivity index (χ3n) is 2.40. The molecule has 0 aliphatic heterocycles. The molecule has 0 radical (unpaired) electrons. The lowest BCUT2D eigenvalue weighted by Crippen LogP contribution is -1.98. The number of carbonyl (C=O) groups excluding carboxylic acids is 2. The van der Waals surface area contributed by atoms with Gasteiger partial charge in [0.05, 0.1) is 0 Å². The molecule has 0 heterocycles. The fourth-order valence-electron chi connectivity index (χ4n) is 1.50. The Kier molecular flexibility index (Phi) is 5.86. The Morgan fingerprint density at radius 3 is 2.38 bits per heavy atom. The summed E-state index contributed by atoms with van der Waals surface area (Å²) in [6, 6.07) is 9.71. The Labute approximate surface area is 96.0 Å². The molecule has 0 N–H and O–H groups in total. The Morgan fingerprint density at radius 1 is 1.00 bits per heavy atom. The highest BCUT2D eigenvalue weighted by molar-refractivity contribution is 5.62. The van der Waals surface area contributed by atoms with Crippen LogP contribution in [-0.4, -0.2) is 12.6 Å². The normalized spacial score (nSPS) is 12.5.